The third kappa shape index (κ3) is 1.46. The van der Waals surface area contributed by atoms with Gasteiger partial charge in [-0.3, -0.25) is 0 Å². The second-order valence-electron chi connectivity index (χ2n) is 1.20. The van der Waals surface area contributed by atoms with Crippen LogP contribution in [0.4, 0.5) is 0 Å². The van der Waals surface area contributed by atoms with E-state index in [1.807, 2.05) is 0 Å². The molecular formula is C6H12O2. The fraction of sp³-hybridized carbons (Fsp3) is 1.00. The maximum absolute atomic E-state index is 9.56. The van der Waals surface area contributed by atoms with E-state index in [-0.39, 0.29) is 0 Å². The normalized spacial score (nSPS) is 102. The molecule has 48 valence electrons. The zero-order chi connectivity index (χ0) is 15.0. The Kier molecular flexibility index (Phi) is 0.364. The van der Waals surface area contributed by atoms with Gasteiger partial charge < -0.3 is 10.2 Å². The molecule has 2 unspecified atom stereocenters. The molecule has 1 aliphatic rings. The van der Waals surface area contributed by atoms with Crippen molar-refractivity contribution in [1.29, 1.82) is 0 Å². The van der Waals surface area contributed by atoms with Gasteiger partial charge in [0.2, 0.25) is 0 Å². The minimum absolute atomic E-state index is 3.65. The summed E-state index contributed by atoms with van der Waals surface area (Å²) in [6.07, 6.45) is -22.4. The molecule has 0 aromatic heterocycles. The van der Waals surface area contributed by atoms with E-state index >= 15 is 0 Å². The van der Waals surface area contributed by atoms with Crippen LogP contribution in [0.15, 0.2) is 0 Å². The standard InChI is InChI=1S/C6H12O2/c7-5-2-1-3-6(8)4-5/h5-8H,1-4H2/i1D2,2D2,3D2,4D2,5D,6D. The summed E-state index contributed by atoms with van der Waals surface area (Å²) >= 11 is 0. The molecule has 0 saturated heterocycles. The molecule has 0 aromatic rings. The first kappa shape index (κ1) is 1.18. The molecule has 0 aliphatic heterocycles. The Hall–Kier alpha value is -0.0800. The lowest BCUT2D eigenvalue weighted by molar-refractivity contribution is 0.0406. The molecule has 1 saturated carbocycles. The summed E-state index contributed by atoms with van der Waals surface area (Å²) in [6, 6.07) is 0. The van der Waals surface area contributed by atoms with Crippen LogP contribution < -0.4 is 0 Å². The zero-order valence-corrected chi connectivity index (χ0v) is 3.89. The quantitative estimate of drug-likeness (QED) is 0.489. The molecule has 1 aliphatic carbocycles. The molecule has 0 aromatic carbocycles. The second kappa shape index (κ2) is 2.46. The van der Waals surface area contributed by atoms with Crippen molar-refractivity contribution in [3.8, 4) is 0 Å². The summed E-state index contributed by atoms with van der Waals surface area (Å²) in [6.45, 7) is 0. The Morgan fingerprint density at radius 3 is 2.38 bits per heavy atom. The molecule has 2 nitrogen and oxygen atoms in total. The summed E-state index contributed by atoms with van der Waals surface area (Å²) in [5.41, 5.74) is 0. The van der Waals surface area contributed by atoms with Crippen molar-refractivity contribution in [2.45, 2.75) is 37.7 Å². The Balaban J connectivity index is 3.72. The van der Waals surface area contributed by atoms with Gasteiger partial charge in [-0.25, -0.2) is 0 Å². The maximum Gasteiger partial charge on any atom is 0.0601 e. The van der Waals surface area contributed by atoms with Crippen LogP contribution in [0.25, 0.3) is 0 Å². The highest BCUT2D eigenvalue weighted by atomic mass is 16.3. The molecule has 1 rings (SSSR count). The summed E-state index contributed by atoms with van der Waals surface area (Å²) in [5, 5.41) is 19.1. The first-order valence-corrected chi connectivity index (χ1v) is 1.95. The van der Waals surface area contributed by atoms with Gasteiger partial charge in [-0.1, -0.05) is 0 Å². The monoisotopic (exact) mass is 126 g/mol. The summed E-state index contributed by atoms with van der Waals surface area (Å²) < 4.78 is 72.8. The van der Waals surface area contributed by atoms with Crippen molar-refractivity contribution < 1.29 is 23.9 Å². The van der Waals surface area contributed by atoms with E-state index in [1.165, 1.54) is 0 Å². The van der Waals surface area contributed by atoms with E-state index in [0.29, 0.717) is 0 Å². The van der Waals surface area contributed by atoms with E-state index in [9.17, 15) is 10.2 Å². The highest BCUT2D eigenvalue weighted by Crippen LogP contribution is 2.17. The number of hydrogen-bond donors (Lipinski definition) is 2. The van der Waals surface area contributed by atoms with Crippen LogP contribution in [0.1, 0.15) is 39.2 Å². The van der Waals surface area contributed by atoms with Crippen LogP contribution in [-0.2, 0) is 0 Å². The molecule has 0 radical (unpaired) electrons. The topological polar surface area (TPSA) is 40.5 Å². The van der Waals surface area contributed by atoms with Crippen molar-refractivity contribution in [2.75, 3.05) is 0 Å². The van der Waals surface area contributed by atoms with Gasteiger partial charge in [0, 0.05) is 11.0 Å². The highest BCUT2D eigenvalue weighted by molar-refractivity contribution is 4.69. The van der Waals surface area contributed by atoms with Gasteiger partial charge in [0.15, 0.2) is 0 Å². The fourth-order valence-corrected chi connectivity index (χ4v) is 0.324. The molecule has 0 heterocycles. The van der Waals surface area contributed by atoms with Gasteiger partial charge in [-0.2, -0.15) is 0 Å². The fourth-order valence-electron chi connectivity index (χ4n) is 0.324. The zero-order valence-electron chi connectivity index (χ0n) is 13.9. The van der Waals surface area contributed by atoms with Crippen molar-refractivity contribution in [3.63, 3.8) is 0 Å². The van der Waals surface area contributed by atoms with Crippen molar-refractivity contribution >= 4 is 0 Å². The first-order chi connectivity index (χ1) is 7.50. The molecule has 0 spiro atoms. The van der Waals surface area contributed by atoms with Crippen LogP contribution in [0, 0.1) is 0 Å². The third-order valence-electron chi connectivity index (χ3n) is 0.599. The van der Waals surface area contributed by atoms with E-state index in [0.717, 1.165) is 0 Å². The van der Waals surface area contributed by atoms with Gasteiger partial charge >= 0.3 is 0 Å². The van der Waals surface area contributed by atoms with Crippen LogP contribution in [0.3, 0.4) is 0 Å². The van der Waals surface area contributed by atoms with Gasteiger partial charge in [0.25, 0.3) is 0 Å². The average Bonchev–Trinajstić information content (AvgIpc) is 2.14. The summed E-state index contributed by atoms with van der Waals surface area (Å²) in [7, 11) is 0. The van der Waals surface area contributed by atoms with E-state index in [2.05, 4.69) is 0 Å². The lowest BCUT2D eigenvalue weighted by Crippen LogP contribution is -2.22. The minimum atomic E-state index is -3.84. The van der Waals surface area contributed by atoms with Crippen molar-refractivity contribution in [2.24, 2.45) is 0 Å². The second-order valence-corrected chi connectivity index (χ2v) is 1.20. The Morgan fingerprint density at radius 2 is 1.88 bits per heavy atom. The number of aliphatic hydroxyl groups is 2. The predicted octanol–water partition coefficient (Wildman–Crippen LogP) is 0.282. The molecule has 1 fully saturated rings. The molecule has 2 heteroatoms. The third-order valence-corrected chi connectivity index (χ3v) is 0.599. The van der Waals surface area contributed by atoms with Crippen LogP contribution in [0.5, 0.6) is 0 Å². The Labute approximate surface area is 63.2 Å². The molecule has 0 bridgehead atoms. The molecule has 2 N–H and O–H groups in total. The highest BCUT2D eigenvalue weighted by Gasteiger charge is 2.16. The lowest BCUT2D eigenvalue weighted by atomic mass is 9.95. The molecule has 8 heavy (non-hydrogen) atoms. The van der Waals surface area contributed by atoms with Crippen LogP contribution >= 0.6 is 0 Å². The maximum atomic E-state index is 9.56. The number of rotatable bonds is 0. The Bertz CT molecular complexity index is 256. The first-order valence-electron chi connectivity index (χ1n) is 6.95. The Morgan fingerprint density at radius 1 is 1.38 bits per heavy atom. The van der Waals surface area contributed by atoms with Gasteiger partial charge in [-0.05, 0) is 25.5 Å². The summed E-state index contributed by atoms with van der Waals surface area (Å²) in [4.78, 5) is 0. The van der Waals surface area contributed by atoms with Crippen molar-refractivity contribution in [1.82, 2.24) is 0 Å². The number of hydrogen-bond acceptors (Lipinski definition) is 2. The van der Waals surface area contributed by atoms with E-state index in [4.69, 9.17) is 13.7 Å². The largest absolute Gasteiger partial charge is 0.393 e. The van der Waals surface area contributed by atoms with Gasteiger partial charge in [-0.15, -0.1) is 0 Å². The van der Waals surface area contributed by atoms with Gasteiger partial charge in [0.05, 0.1) is 14.9 Å². The average molecular weight is 126 g/mol. The summed E-state index contributed by atoms with van der Waals surface area (Å²) in [5.74, 6) is 0. The van der Waals surface area contributed by atoms with Gasteiger partial charge in [0.1, 0.15) is 0 Å². The van der Waals surface area contributed by atoms with E-state index < -0.39 is 37.7 Å². The van der Waals surface area contributed by atoms with E-state index in [1.54, 1.807) is 0 Å². The smallest absolute Gasteiger partial charge is 0.0601 e. The van der Waals surface area contributed by atoms with Crippen LogP contribution in [0.2, 0.25) is 0 Å². The predicted molar refractivity (Wildman–Crippen MR) is 30.5 cm³/mol. The SMILES string of the molecule is [2H]C1([2H])C([2H])([2H])C([2H])(O)C([2H])([2H])C([2H])(O)C1([2H])[2H]. The van der Waals surface area contributed by atoms with Crippen molar-refractivity contribution in [3.05, 3.63) is 0 Å². The lowest BCUT2D eigenvalue weighted by Gasteiger charge is -2.20. The molecule has 0 amide bonds. The molecular weight excluding hydrogens is 104 g/mol. The molecule has 2 atom stereocenters. The minimum Gasteiger partial charge on any atom is -0.393 e. The van der Waals surface area contributed by atoms with Crippen LogP contribution in [-0.4, -0.2) is 22.4 Å².